The van der Waals surface area contributed by atoms with Crippen LogP contribution in [0.4, 0.5) is 0 Å². The molecule has 0 spiro atoms. The summed E-state index contributed by atoms with van der Waals surface area (Å²) in [5, 5.41) is 6.69. The van der Waals surface area contributed by atoms with Crippen molar-refractivity contribution in [2.75, 3.05) is 19.8 Å². The SMILES string of the molecule is CCC1COCCN1S(=O)(=O)c1c(C)n[nH]c1C. The van der Waals surface area contributed by atoms with Crippen molar-refractivity contribution in [3.8, 4) is 0 Å². The number of ether oxygens (including phenoxy) is 1. The highest BCUT2D eigenvalue weighted by atomic mass is 32.2. The molecule has 2 heterocycles. The van der Waals surface area contributed by atoms with E-state index in [0.717, 1.165) is 6.42 Å². The highest BCUT2D eigenvalue weighted by Crippen LogP contribution is 2.25. The Balaban J connectivity index is 2.41. The maximum absolute atomic E-state index is 12.7. The Labute approximate surface area is 107 Å². The summed E-state index contributed by atoms with van der Waals surface area (Å²) in [5.74, 6) is 0. The number of nitrogens with zero attached hydrogens (tertiary/aromatic N) is 2. The van der Waals surface area contributed by atoms with Gasteiger partial charge in [-0.15, -0.1) is 0 Å². The Kier molecular flexibility index (Phi) is 3.74. The average molecular weight is 273 g/mol. The molecule has 1 aliphatic heterocycles. The molecule has 1 aliphatic rings. The second-order valence-electron chi connectivity index (χ2n) is 4.52. The Hall–Kier alpha value is -0.920. The van der Waals surface area contributed by atoms with Crippen LogP contribution in [0.25, 0.3) is 0 Å². The first-order chi connectivity index (χ1) is 8.48. The van der Waals surface area contributed by atoms with Crippen LogP contribution in [0.5, 0.6) is 0 Å². The monoisotopic (exact) mass is 273 g/mol. The zero-order valence-corrected chi connectivity index (χ0v) is 11.7. The van der Waals surface area contributed by atoms with Crippen molar-refractivity contribution in [3.05, 3.63) is 11.4 Å². The zero-order chi connectivity index (χ0) is 13.3. The van der Waals surface area contributed by atoms with Crippen LogP contribution in [-0.4, -0.2) is 48.7 Å². The minimum Gasteiger partial charge on any atom is -0.378 e. The van der Waals surface area contributed by atoms with E-state index >= 15 is 0 Å². The summed E-state index contributed by atoms with van der Waals surface area (Å²) in [7, 11) is -3.48. The molecule has 1 unspecified atom stereocenters. The van der Waals surface area contributed by atoms with Crippen LogP contribution in [0.2, 0.25) is 0 Å². The van der Waals surface area contributed by atoms with Gasteiger partial charge in [-0.2, -0.15) is 9.40 Å². The van der Waals surface area contributed by atoms with Gasteiger partial charge in [0.2, 0.25) is 10.0 Å². The van der Waals surface area contributed by atoms with Gasteiger partial charge in [-0.3, -0.25) is 5.10 Å². The van der Waals surface area contributed by atoms with E-state index in [2.05, 4.69) is 10.2 Å². The van der Waals surface area contributed by atoms with Crippen molar-refractivity contribution in [1.29, 1.82) is 0 Å². The van der Waals surface area contributed by atoms with Crippen molar-refractivity contribution in [3.63, 3.8) is 0 Å². The van der Waals surface area contributed by atoms with Crippen LogP contribution in [0.3, 0.4) is 0 Å². The smallest absolute Gasteiger partial charge is 0.247 e. The van der Waals surface area contributed by atoms with E-state index in [-0.39, 0.29) is 6.04 Å². The number of rotatable bonds is 3. The van der Waals surface area contributed by atoms with Gasteiger partial charge in [0, 0.05) is 12.6 Å². The molecule has 0 radical (unpaired) electrons. The molecule has 1 aromatic rings. The number of sulfonamides is 1. The summed E-state index contributed by atoms with van der Waals surface area (Å²) in [6.07, 6.45) is 0.745. The quantitative estimate of drug-likeness (QED) is 0.885. The predicted octanol–water partition coefficient (Wildman–Crippen LogP) is 0.826. The third-order valence-corrected chi connectivity index (χ3v) is 5.49. The van der Waals surface area contributed by atoms with Crippen LogP contribution in [-0.2, 0) is 14.8 Å². The first kappa shape index (κ1) is 13.5. The van der Waals surface area contributed by atoms with Gasteiger partial charge < -0.3 is 4.74 Å². The third-order valence-electron chi connectivity index (χ3n) is 3.27. The van der Waals surface area contributed by atoms with Crippen LogP contribution < -0.4 is 0 Å². The number of nitrogens with one attached hydrogen (secondary N) is 1. The number of hydrogen-bond donors (Lipinski definition) is 1. The Morgan fingerprint density at radius 2 is 2.22 bits per heavy atom. The van der Waals surface area contributed by atoms with E-state index in [1.807, 2.05) is 6.92 Å². The largest absolute Gasteiger partial charge is 0.378 e. The van der Waals surface area contributed by atoms with Gasteiger partial charge in [-0.05, 0) is 20.3 Å². The molecular weight excluding hydrogens is 254 g/mol. The van der Waals surface area contributed by atoms with Crippen molar-refractivity contribution < 1.29 is 13.2 Å². The normalized spacial score (nSPS) is 22.3. The lowest BCUT2D eigenvalue weighted by atomic mass is 10.2. The second kappa shape index (κ2) is 4.99. The Bertz CT molecular complexity index is 504. The number of aromatic amines is 1. The first-order valence-electron chi connectivity index (χ1n) is 6.09. The van der Waals surface area contributed by atoms with Crippen molar-refractivity contribution in [1.82, 2.24) is 14.5 Å². The second-order valence-corrected chi connectivity index (χ2v) is 6.34. The Morgan fingerprint density at radius 1 is 1.50 bits per heavy atom. The molecule has 102 valence electrons. The van der Waals surface area contributed by atoms with Crippen LogP contribution in [0.15, 0.2) is 4.90 Å². The van der Waals surface area contributed by atoms with Crippen molar-refractivity contribution in [2.24, 2.45) is 0 Å². The summed E-state index contributed by atoms with van der Waals surface area (Å²) in [4.78, 5) is 0.308. The van der Waals surface area contributed by atoms with E-state index in [0.29, 0.717) is 36.0 Å². The van der Waals surface area contributed by atoms with Crippen LogP contribution >= 0.6 is 0 Å². The zero-order valence-electron chi connectivity index (χ0n) is 10.9. The molecule has 1 saturated heterocycles. The van der Waals surface area contributed by atoms with E-state index in [9.17, 15) is 8.42 Å². The molecule has 0 bridgehead atoms. The minimum absolute atomic E-state index is 0.0857. The molecular formula is C11H19N3O3S. The highest BCUT2D eigenvalue weighted by Gasteiger charge is 2.35. The summed E-state index contributed by atoms with van der Waals surface area (Å²) in [6, 6.07) is -0.0857. The van der Waals surface area contributed by atoms with Gasteiger partial charge in [0.05, 0.1) is 24.6 Å². The summed E-state index contributed by atoms with van der Waals surface area (Å²) in [6.45, 7) is 6.73. The molecule has 1 aromatic heterocycles. The van der Waals surface area contributed by atoms with E-state index in [1.54, 1.807) is 18.2 Å². The molecule has 0 amide bonds. The fourth-order valence-electron chi connectivity index (χ4n) is 2.32. The number of H-pyrrole nitrogens is 1. The van der Waals surface area contributed by atoms with Crippen LogP contribution in [0.1, 0.15) is 24.7 Å². The van der Waals surface area contributed by atoms with Gasteiger partial charge >= 0.3 is 0 Å². The molecule has 0 aromatic carbocycles. The van der Waals surface area contributed by atoms with E-state index in [4.69, 9.17) is 4.74 Å². The average Bonchev–Trinajstić information content (AvgIpc) is 2.69. The van der Waals surface area contributed by atoms with Gasteiger partial charge in [0.25, 0.3) is 0 Å². The highest BCUT2D eigenvalue weighted by molar-refractivity contribution is 7.89. The number of aryl methyl sites for hydroxylation is 2. The molecule has 7 heteroatoms. The topological polar surface area (TPSA) is 75.3 Å². The van der Waals surface area contributed by atoms with Crippen molar-refractivity contribution in [2.45, 2.75) is 38.1 Å². The number of morpholine rings is 1. The van der Waals surface area contributed by atoms with Gasteiger partial charge in [0.15, 0.2) is 0 Å². The van der Waals surface area contributed by atoms with Gasteiger partial charge in [-0.25, -0.2) is 8.42 Å². The number of aromatic nitrogens is 2. The summed E-state index contributed by atoms with van der Waals surface area (Å²) >= 11 is 0. The van der Waals surface area contributed by atoms with E-state index < -0.39 is 10.0 Å². The van der Waals surface area contributed by atoms with Crippen LogP contribution in [0, 0.1) is 13.8 Å². The predicted molar refractivity (Wildman–Crippen MR) is 66.9 cm³/mol. The standard InChI is InChI=1S/C11H19N3O3S/c1-4-10-7-17-6-5-14(10)18(15,16)11-8(2)12-13-9(11)3/h10H,4-7H2,1-3H3,(H,12,13). The molecule has 6 nitrogen and oxygen atoms in total. The molecule has 1 fully saturated rings. The van der Waals surface area contributed by atoms with E-state index in [1.165, 1.54) is 0 Å². The summed E-state index contributed by atoms with van der Waals surface area (Å²) < 4.78 is 32.2. The lowest BCUT2D eigenvalue weighted by Gasteiger charge is -2.33. The molecule has 2 rings (SSSR count). The summed E-state index contributed by atoms with van der Waals surface area (Å²) in [5.41, 5.74) is 1.11. The minimum atomic E-state index is -3.48. The molecule has 1 atom stereocenters. The van der Waals surface area contributed by atoms with Gasteiger partial charge in [0.1, 0.15) is 4.90 Å². The lowest BCUT2D eigenvalue weighted by molar-refractivity contribution is 0.0314. The van der Waals surface area contributed by atoms with Crippen molar-refractivity contribution >= 4 is 10.0 Å². The first-order valence-corrected chi connectivity index (χ1v) is 7.53. The molecule has 18 heavy (non-hydrogen) atoms. The maximum Gasteiger partial charge on any atom is 0.247 e. The fraction of sp³-hybridized carbons (Fsp3) is 0.727. The molecule has 0 saturated carbocycles. The van der Waals surface area contributed by atoms with Gasteiger partial charge in [-0.1, -0.05) is 6.92 Å². The number of hydrogen-bond acceptors (Lipinski definition) is 4. The molecule has 1 N–H and O–H groups in total. The lowest BCUT2D eigenvalue weighted by Crippen LogP contribution is -2.48. The molecule has 0 aliphatic carbocycles. The third kappa shape index (κ3) is 2.17. The maximum atomic E-state index is 12.7. The fourth-order valence-corrected chi connectivity index (χ4v) is 4.32. The Morgan fingerprint density at radius 3 is 2.78 bits per heavy atom.